The van der Waals surface area contributed by atoms with Crippen molar-refractivity contribution < 1.29 is 4.79 Å². The first-order valence-corrected chi connectivity index (χ1v) is 9.06. The monoisotopic (exact) mass is 388 g/mol. The second-order valence-corrected chi connectivity index (χ2v) is 7.77. The molecule has 2 aromatic rings. The number of para-hydroxylation sites is 1. The van der Waals surface area contributed by atoms with E-state index >= 15 is 0 Å². The fourth-order valence-corrected chi connectivity index (χ4v) is 3.93. The second-order valence-electron chi connectivity index (χ2n) is 4.39. The van der Waals surface area contributed by atoms with E-state index in [1.165, 1.54) is 23.1 Å². The third kappa shape index (κ3) is 5.10. The number of hydrogen-bond acceptors (Lipinski definition) is 6. The van der Waals surface area contributed by atoms with Crippen LogP contribution in [0.5, 0.6) is 0 Å². The van der Waals surface area contributed by atoms with E-state index in [0.717, 1.165) is 0 Å². The molecule has 23 heavy (non-hydrogen) atoms. The van der Waals surface area contributed by atoms with Crippen molar-refractivity contribution in [1.29, 1.82) is 0 Å². The number of carbonyl (C=O) groups is 1. The number of aromatic nitrogens is 2. The number of amides is 1. The smallest absolute Gasteiger partial charge is 0.237 e. The first-order chi connectivity index (χ1) is 11.0. The van der Waals surface area contributed by atoms with Crippen LogP contribution >= 0.6 is 46.3 Å². The van der Waals surface area contributed by atoms with Crippen molar-refractivity contribution in [2.75, 3.05) is 17.2 Å². The Balaban J connectivity index is 1.97. The molecular weight excluding hydrogens is 375 g/mol. The number of nitrogens with one attached hydrogen (secondary N) is 2. The lowest BCUT2D eigenvalue weighted by Gasteiger charge is -2.12. The van der Waals surface area contributed by atoms with Crippen LogP contribution in [-0.4, -0.2) is 27.9 Å². The van der Waals surface area contributed by atoms with E-state index in [9.17, 15) is 4.79 Å². The molecule has 0 saturated heterocycles. The van der Waals surface area contributed by atoms with Crippen molar-refractivity contribution in [3.05, 3.63) is 40.9 Å². The average molecular weight is 389 g/mol. The minimum Gasteiger partial charge on any atom is -0.357 e. The Bertz CT molecular complexity index is 688. The molecule has 0 aliphatic rings. The van der Waals surface area contributed by atoms with E-state index in [0.29, 0.717) is 31.7 Å². The van der Waals surface area contributed by atoms with Gasteiger partial charge >= 0.3 is 0 Å². The quantitative estimate of drug-likeness (QED) is 0.537. The topological polar surface area (TPSA) is 66.9 Å². The lowest BCUT2D eigenvalue weighted by Crippen LogP contribution is -2.22. The Morgan fingerprint density at radius 2 is 2.13 bits per heavy atom. The zero-order chi connectivity index (χ0) is 16.8. The van der Waals surface area contributed by atoms with Gasteiger partial charge in [-0.15, -0.1) is 16.8 Å². The molecule has 0 aliphatic carbocycles. The van der Waals surface area contributed by atoms with Gasteiger partial charge in [0.05, 0.1) is 21.0 Å². The highest BCUT2D eigenvalue weighted by atomic mass is 35.5. The van der Waals surface area contributed by atoms with E-state index in [-0.39, 0.29) is 11.2 Å². The molecule has 5 nitrogen and oxygen atoms in total. The fourth-order valence-electron chi connectivity index (χ4n) is 1.54. The maximum Gasteiger partial charge on any atom is 0.237 e. The van der Waals surface area contributed by atoms with E-state index in [2.05, 4.69) is 27.4 Å². The molecule has 2 rings (SSSR count). The second kappa shape index (κ2) is 8.54. The summed E-state index contributed by atoms with van der Waals surface area (Å²) in [5.74, 6) is -0.208. The minimum atomic E-state index is -0.373. The van der Waals surface area contributed by atoms with Gasteiger partial charge in [-0.2, -0.15) is 0 Å². The van der Waals surface area contributed by atoms with E-state index in [1.54, 1.807) is 31.2 Å². The standard InChI is InChI=1S/C14H14Cl2N4OS2/c1-3-7-17-13-19-20-14(23-13)22-8(2)12(21)18-11-9(15)5-4-6-10(11)16/h3-6,8H,1,7H2,2H3,(H,17,19)(H,18,21)/t8-/m1/s1. The molecule has 0 radical (unpaired) electrons. The van der Waals surface area contributed by atoms with E-state index in [4.69, 9.17) is 23.2 Å². The highest BCUT2D eigenvalue weighted by Gasteiger charge is 2.19. The van der Waals surface area contributed by atoms with Crippen LogP contribution in [0.25, 0.3) is 0 Å². The summed E-state index contributed by atoms with van der Waals surface area (Å²) in [6.07, 6.45) is 1.73. The summed E-state index contributed by atoms with van der Waals surface area (Å²) in [6, 6.07) is 5.06. The number of hydrogen-bond donors (Lipinski definition) is 2. The zero-order valence-corrected chi connectivity index (χ0v) is 15.3. The summed E-state index contributed by atoms with van der Waals surface area (Å²) in [7, 11) is 0. The van der Waals surface area contributed by atoms with Crippen molar-refractivity contribution in [3.8, 4) is 0 Å². The molecule has 0 bridgehead atoms. The number of benzene rings is 1. The SMILES string of the molecule is C=CCNc1nnc(S[C@H](C)C(=O)Nc2c(Cl)cccc2Cl)s1. The number of carbonyl (C=O) groups excluding carboxylic acids is 1. The number of thioether (sulfide) groups is 1. The molecule has 0 fully saturated rings. The lowest BCUT2D eigenvalue weighted by atomic mass is 10.3. The Kier molecular flexibility index (Phi) is 6.71. The molecule has 122 valence electrons. The number of anilines is 2. The molecule has 9 heteroatoms. The zero-order valence-electron chi connectivity index (χ0n) is 12.2. The van der Waals surface area contributed by atoms with Crippen molar-refractivity contribution in [2.45, 2.75) is 16.5 Å². The van der Waals surface area contributed by atoms with Crippen LogP contribution in [0.4, 0.5) is 10.8 Å². The van der Waals surface area contributed by atoms with Gasteiger partial charge in [-0.25, -0.2) is 0 Å². The number of rotatable bonds is 7. The Morgan fingerprint density at radius 3 is 2.78 bits per heavy atom. The predicted molar refractivity (Wildman–Crippen MR) is 99.0 cm³/mol. The van der Waals surface area contributed by atoms with Gasteiger partial charge in [0.1, 0.15) is 0 Å². The normalized spacial score (nSPS) is 11.8. The fraction of sp³-hybridized carbons (Fsp3) is 0.214. The summed E-state index contributed by atoms with van der Waals surface area (Å²) >= 11 is 14.8. The third-order valence-electron chi connectivity index (χ3n) is 2.66. The Labute approximate surface area is 152 Å². The number of halogens is 2. The van der Waals surface area contributed by atoms with Crippen molar-refractivity contribution in [2.24, 2.45) is 0 Å². The van der Waals surface area contributed by atoms with Crippen LogP contribution in [-0.2, 0) is 4.79 Å². The molecule has 1 aromatic carbocycles. The van der Waals surface area contributed by atoms with Gasteiger partial charge in [0.2, 0.25) is 11.0 Å². The van der Waals surface area contributed by atoms with Gasteiger partial charge in [-0.05, 0) is 19.1 Å². The highest BCUT2D eigenvalue weighted by molar-refractivity contribution is 8.02. The molecule has 1 atom stereocenters. The van der Waals surface area contributed by atoms with Crippen LogP contribution in [0.2, 0.25) is 10.0 Å². The Morgan fingerprint density at radius 1 is 1.43 bits per heavy atom. The lowest BCUT2D eigenvalue weighted by molar-refractivity contribution is -0.115. The third-order valence-corrected chi connectivity index (χ3v) is 5.36. The number of nitrogens with zero attached hydrogens (tertiary/aromatic N) is 2. The van der Waals surface area contributed by atoms with Crippen molar-refractivity contribution in [1.82, 2.24) is 10.2 Å². The molecule has 0 unspecified atom stereocenters. The molecule has 2 N–H and O–H groups in total. The van der Waals surface area contributed by atoms with Crippen LogP contribution in [0.1, 0.15) is 6.92 Å². The van der Waals surface area contributed by atoms with Crippen LogP contribution in [0.15, 0.2) is 35.2 Å². The summed E-state index contributed by atoms with van der Waals surface area (Å²) in [4.78, 5) is 12.3. The summed E-state index contributed by atoms with van der Waals surface area (Å²) in [5.41, 5.74) is 0.416. The van der Waals surface area contributed by atoms with E-state index < -0.39 is 0 Å². The van der Waals surface area contributed by atoms with Crippen molar-refractivity contribution in [3.63, 3.8) is 0 Å². The van der Waals surface area contributed by atoms with Gasteiger partial charge in [-0.3, -0.25) is 4.79 Å². The van der Waals surface area contributed by atoms with Gasteiger partial charge in [0, 0.05) is 6.54 Å². The minimum absolute atomic E-state index is 0.208. The highest BCUT2D eigenvalue weighted by Crippen LogP contribution is 2.32. The maximum absolute atomic E-state index is 12.3. The van der Waals surface area contributed by atoms with Gasteiger partial charge in [0.25, 0.3) is 0 Å². The first kappa shape index (κ1) is 18.1. The van der Waals surface area contributed by atoms with Gasteiger partial charge in [-0.1, -0.05) is 58.4 Å². The van der Waals surface area contributed by atoms with Gasteiger partial charge < -0.3 is 10.6 Å². The maximum atomic E-state index is 12.3. The summed E-state index contributed by atoms with van der Waals surface area (Å²) < 4.78 is 0.699. The predicted octanol–water partition coefficient (Wildman–Crippen LogP) is 4.56. The van der Waals surface area contributed by atoms with E-state index in [1.807, 2.05) is 0 Å². The molecular formula is C14H14Cl2N4OS2. The van der Waals surface area contributed by atoms with Gasteiger partial charge in [0.15, 0.2) is 4.34 Å². The molecule has 0 spiro atoms. The van der Waals surface area contributed by atoms with Crippen LogP contribution in [0.3, 0.4) is 0 Å². The summed E-state index contributed by atoms with van der Waals surface area (Å²) in [6.45, 7) is 6.01. The molecule has 0 saturated carbocycles. The molecule has 1 heterocycles. The Hall–Kier alpha value is -1.28. The first-order valence-electron chi connectivity index (χ1n) is 6.61. The van der Waals surface area contributed by atoms with Crippen LogP contribution < -0.4 is 10.6 Å². The van der Waals surface area contributed by atoms with Crippen molar-refractivity contribution >= 4 is 63.0 Å². The summed E-state index contributed by atoms with van der Waals surface area (Å²) in [5, 5.41) is 14.9. The van der Waals surface area contributed by atoms with Crippen LogP contribution in [0, 0.1) is 0 Å². The average Bonchev–Trinajstić information content (AvgIpc) is 2.96. The molecule has 1 amide bonds. The molecule has 1 aromatic heterocycles. The largest absolute Gasteiger partial charge is 0.357 e. The molecule has 0 aliphatic heterocycles.